The normalized spacial score (nSPS) is 20.6. The van der Waals surface area contributed by atoms with E-state index in [0.717, 1.165) is 6.54 Å². The minimum atomic E-state index is 0.523. The van der Waals surface area contributed by atoms with E-state index < -0.39 is 0 Å². The van der Waals surface area contributed by atoms with Crippen LogP contribution in [0.5, 0.6) is 0 Å². The van der Waals surface area contributed by atoms with Crippen LogP contribution in [-0.4, -0.2) is 12.6 Å². The smallest absolute Gasteiger partial charge is 0.0790 e. The lowest BCUT2D eigenvalue weighted by molar-refractivity contribution is -0.0608. The molecule has 2 heteroatoms. The van der Waals surface area contributed by atoms with Crippen LogP contribution in [0, 0.1) is 0 Å². The fraction of sp³-hybridized carbons (Fsp3) is 1.00. The molecule has 0 amide bonds. The Balaban J connectivity index is 1.86. The molecule has 0 heterocycles. The van der Waals surface area contributed by atoms with Gasteiger partial charge in [0.25, 0.3) is 0 Å². The summed E-state index contributed by atoms with van der Waals surface area (Å²) in [5.74, 6) is 0. The summed E-state index contributed by atoms with van der Waals surface area (Å²) in [5, 5.41) is 0. The van der Waals surface area contributed by atoms with Crippen LogP contribution in [-0.2, 0) is 4.84 Å². The molecule has 1 aliphatic carbocycles. The highest BCUT2D eigenvalue weighted by Crippen LogP contribution is 2.20. The summed E-state index contributed by atoms with van der Waals surface area (Å²) in [6.45, 7) is 2.95. The van der Waals surface area contributed by atoms with E-state index in [-0.39, 0.29) is 0 Å². The summed E-state index contributed by atoms with van der Waals surface area (Å²) in [6, 6.07) is 0. The summed E-state index contributed by atoms with van der Waals surface area (Å²) in [6.07, 6.45) is 4.35. The van der Waals surface area contributed by atoms with Gasteiger partial charge in [-0.15, -0.1) is 0 Å². The van der Waals surface area contributed by atoms with Crippen LogP contribution in [0.25, 0.3) is 0 Å². The van der Waals surface area contributed by atoms with Crippen molar-refractivity contribution in [2.45, 2.75) is 32.3 Å². The van der Waals surface area contributed by atoms with Gasteiger partial charge in [-0.1, -0.05) is 6.92 Å². The Hall–Kier alpha value is -0.0800. The van der Waals surface area contributed by atoms with E-state index in [2.05, 4.69) is 5.48 Å². The van der Waals surface area contributed by atoms with Crippen molar-refractivity contribution >= 4 is 0 Å². The topological polar surface area (TPSA) is 21.3 Å². The van der Waals surface area contributed by atoms with Gasteiger partial charge in [-0.2, -0.15) is 0 Å². The van der Waals surface area contributed by atoms with Crippen molar-refractivity contribution in [1.29, 1.82) is 0 Å². The number of nitrogens with one attached hydrogen (secondary N) is 1. The third-order valence-electron chi connectivity index (χ3n) is 1.45. The van der Waals surface area contributed by atoms with Gasteiger partial charge in [0.15, 0.2) is 0 Å². The first-order valence-corrected chi connectivity index (χ1v) is 3.32. The van der Waals surface area contributed by atoms with Gasteiger partial charge >= 0.3 is 0 Å². The summed E-state index contributed by atoms with van der Waals surface area (Å²) in [4.78, 5) is 5.18. The van der Waals surface area contributed by atoms with Crippen LogP contribution in [0.1, 0.15) is 26.2 Å². The van der Waals surface area contributed by atoms with Gasteiger partial charge < -0.3 is 0 Å². The maximum atomic E-state index is 5.18. The molecular formula is C6H13NO. The minimum Gasteiger partial charge on any atom is -0.299 e. The van der Waals surface area contributed by atoms with E-state index >= 15 is 0 Å². The lowest BCUT2D eigenvalue weighted by atomic mass is 9.97. The van der Waals surface area contributed by atoms with E-state index in [1.165, 1.54) is 19.3 Å². The van der Waals surface area contributed by atoms with E-state index in [1.54, 1.807) is 0 Å². The summed E-state index contributed by atoms with van der Waals surface area (Å²) in [7, 11) is 0. The Bertz CT molecular complexity index is 61.5. The lowest BCUT2D eigenvalue weighted by Gasteiger charge is -2.24. The third-order valence-corrected chi connectivity index (χ3v) is 1.45. The first-order valence-electron chi connectivity index (χ1n) is 3.32. The largest absolute Gasteiger partial charge is 0.299 e. The predicted octanol–water partition coefficient (Wildman–Crippen LogP) is 1.08. The molecule has 8 heavy (non-hydrogen) atoms. The van der Waals surface area contributed by atoms with Crippen LogP contribution in [0.4, 0.5) is 0 Å². The van der Waals surface area contributed by atoms with Crippen LogP contribution in [0.2, 0.25) is 0 Å². The molecule has 1 fully saturated rings. The molecule has 0 radical (unpaired) electrons. The Kier molecular flexibility index (Phi) is 2.30. The van der Waals surface area contributed by atoms with E-state index in [0.29, 0.717) is 6.10 Å². The SMILES string of the molecule is CCNOC1CCC1. The fourth-order valence-electron chi connectivity index (χ4n) is 0.690. The Morgan fingerprint density at radius 1 is 1.62 bits per heavy atom. The van der Waals surface area contributed by atoms with E-state index in [9.17, 15) is 0 Å². The fourth-order valence-corrected chi connectivity index (χ4v) is 0.690. The van der Waals surface area contributed by atoms with Crippen molar-refractivity contribution in [1.82, 2.24) is 5.48 Å². The lowest BCUT2D eigenvalue weighted by Crippen LogP contribution is -2.28. The standard InChI is InChI=1S/C6H13NO/c1-2-7-8-6-4-3-5-6/h6-7H,2-5H2,1H3. The maximum Gasteiger partial charge on any atom is 0.0790 e. The highest BCUT2D eigenvalue weighted by molar-refractivity contribution is 4.67. The van der Waals surface area contributed by atoms with Gasteiger partial charge in [-0.3, -0.25) is 4.84 Å². The zero-order valence-electron chi connectivity index (χ0n) is 5.31. The van der Waals surface area contributed by atoms with Crippen molar-refractivity contribution < 1.29 is 4.84 Å². The van der Waals surface area contributed by atoms with Gasteiger partial charge in [0, 0.05) is 6.54 Å². The van der Waals surface area contributed by atoms with Gasteiger partial charge in [0.1, 0.15) is 0 Å². The second kappa shape index (κ2) is 3.05. The molecule has 1 N–H and O–H groups in total. The second-order valence-corrected chi connectivity index (χ2v) is 2.17. The molecule has 1 aliphatic rings. The second-order valence-electron chi connectivity index (χ2n) is 2.17. The molecule has 48 valence electrons. The Morgan fingerprint density at radius 3 is 2.75 bits per heavy atom. The van der Waals surface area contributed by atoms with Crippen LogP contribution in [0.3, 0.4) is 0 Å². The molecule has 0 atom stereocenters. The molecule has 0 unspecified atom stereocenters. The Labute approximate surface area is 50.2 Å². The van der Waals surface area contributed by atoms with Crippen LogP contribution >= 0.6 is 0 Å². The molecule has 0 spiro atoms. The molecule has 0 aliphatic heterocycles. The zero-order valence-corrected chi connectivity index (χ0v) is 5.31. The summed E-state index contributed by atoms with van der Waals surface area (Å²) < 4.78 is 0. The van der Waals surface area contributed by atoms with Crippen molar-refractivity contribution in [3.8, 4) is 0 Å². The van der Waals surface area contributed by atoms with Crippen molar-refractivity contribution in [2.75, 3.05) is 6.54 Å². The first kappa shape index (κ1) is 6.05. The van der Waals surface area contributed by atoms with Crippen molar-refractivity contribution in [2.24, 2.45) is 0 Å². The monoisotopic (exact) mass is 115 g/mol. The molecule has 0 aromatic heterocycles. The minimum absolute atomic E-state index is 0.523. The highest BCUT2D eigenvalue weighted by Gasteiger charge is 2.17. The van der Waals surface area contributed by atoms with Gasteiger partial charge in [-0.25, -0.2) is 5.48 Å². The first-order chi connectivity index (χ1) is 3.93. The molecule has 0 aromatic carbocycles. The number of hydrogen-bond donors (Lipinski definition) is 1. The van der Waals surface area contributed by atoms with Crippen LogP contribution in [0.15, 0.2) is 0 Å². The van der Waals surface area contributed by atoms with E-state index in [1.807, 2.05) is 6.92 Å². The van der Waals surface area contributed by atoms with Gasteiger partial charge in [0.05, 0.1) is 6.10 Å². The molecule has 0 bridgehead atoms. The average molecular weight is 115 g/mol. The predicted molar refractivity (Wildman–Crippen MR) is 32.4 cm³/mol. The highest BCUT2D eigenvalue weighted by atomic mass is 16.7. The number of rotatable bonds is 3. The Morgan fingerprint density at radius 2 is 2.38 bits per heavy atom. The van der Waals surface area contributed by atoms with Crippen LogP contribution < -0.4 is 5.48 Å². The molecule has 0 saturated heterocycles. The summed E-state index contributed by atoms with van der Waals surface area (Å²) in [5.41, 5.74) is 2.85. The average Bonchev–Trinajstić information content (AvgIpc) is 1.63. The summed E-state index contributed by atoms with van der Waals surface area (Å²) >= 11 is 0. The molecule has 0 aromatic rings. The third kappa shape index (κ3) is 1.46. The molecular weight excluding hydrogens is 102 g/mol. The van der Waals surface area contributed by atoms with E-state index in [4.69, 9.17) is 4.84 Å². The van der Waals surface area contributed by atoms with Crippen molar-refractivity contribution in [3.63, 3.8) is 0 Å². The van der Waals surface area contributed by atoms with Gasteiger partial charge in [0.2, 0.25) is 0 Å². The van der Waals surface area contributed by atoms with Gasteiger partial charge in [-0.05, 0) is 19.3 Å². The molecule has 1 saturated carbocycles. The number of hydrogen-bond acceptors (Lipinski definition) is 2. The zero-order chi connectivity index (χ0) is 5.82. The molecule has 1 rings (SSSR count). The quantitative estimate of drug-likeness (QED) is 0.556. The van der Waals surface area contributed by atoms with Crippen molar-refractivity contribution in [3.05, 3.63) is 0 Å². The number of hydroxylamine groups is 1. The maximum absolute atomic E-state index is 5.18. The molecule has 2 nitrogen and oxygen atoms in total.